The lowest BCUT2D eigenvalue weighted by Gasteiger charge is -2.34. The van der Waals surface area contributed by atoms with Crippen molar-refractivity contribution in [2.75, 3.05) is 60.2 Å². The molecule has 0 bridgehead atoms. The number of amides is 2. The summed E-state index contributed by atoms with van der Waals surface area (Å²) < 4.78 is 15.2. The highest BCUT2D eigenvalue weighted by Crippen LogP contribution is 2.14. The number of rotatable bonds is 7. The molecule has 0 aromatic heterocycles. The van der Waals surface area contributed by atoms with Gasteiger partial charge in [0, 0.05) is 38.9 Å². The summed E-state index contributed by atoms with van der Waals surface area (Å²) in [4.78, 5) is 28.0. The molecule has 132 valence electrons. The zero-order valence-corrected chi connectivity index (χ0v) is 14.2. The van der Waals surface area contributed by atoms with Crippen LogP contribution in [-0.4, -0.2) is 81.8 Å². The molecule has 1 aromatic carbocycles. The van der Waals surface area contributed by atoms with Crippen molar-refractivity contribution >= 4 is 11.8 Å². The molecule has 0 spiro atoms. The van der Waals surface area contributed by atoms with E-state index in [0.717, 1.165) is 5.75 Å². The fraction of sp³-hybridized carbons (Fsp3) is 0.529. The standard InChI is InChI=1S/C17H24N2O5/c1-22-11-12-24-13-16(20)18-7-9-19(10-8-18)17(21)14-3-5-15(23-2)6-4-14/h3-6H,7-13H2,1-2H3. The van der Waals surface area contributed by atoms with Crippen molar-refractivity contribution in [3.05, 3.63) is 29.8 Å². The van der Waals surface area contributed by atoms with Crippen LogP contribution in [0.25, 0.3) is 0 Å². The SMILES string of the molecule is COCCOCC(=O)N1CCN(C(=O)c2ccc(OC)cc2)CC1. The van der Waals surface area contributed by atoms with E-state index < -0.39 is 0 Å². The van der Waals surface area contributed by atoms with E-state index in [2.05, 4.69) is 0 Å². The first kappa shape index (κ1) is 18.2. The highest BCUT2D eigenvalue weighted by atomic mass is 16.5. The lowest BCUT2D eigenvalue weighted by molar-refractivity contribution is -0.138. The van der Waals surface area contributed by atoms with Crippen molar-refractivity contribution in [3.8, 4) is 5.75 Å². The lowest BCUT2D eigenvalue weighted by atomic mass is 10.1. The summed E-state index contributed by atoms with van der Waals surface area (Å²) in [7, 11) is 3.18. The van der Waals surface area contributed by atoms with Crippen LogP contribution in [0, 0.1) is 0 Å². The van der Waals surface area contributed by atoms with Gasteiger partial charge in [0.1, 0.15) is 12.4 Å². The van der Waals surface area contributed by atoms with Crippen LogP contribution in [0.4, 0.5) is 0 Å². The van der Waals surface area contributed by atoms with Crippen molar-refractivity contribution in [3.63, 3.8) is 0 Å². The normalized spacial score (nSPS) is 14.6. The van der Waals surface area contributed by atoms with E-state index in [1.54, 1.807) is 48.3 Å². The van der Waals surface area contributed by atoms with Crippen LogP contribution < -0.4 is 4.74 Å². The van der Waals surface area contributed by atoms with Crippen LogP contribution in [0.1, 0.15) is 10.4 Å². The van der Waals surface area contributed by atoms with E-state index in [1.165, 1.54) is 0 Å². The van der Waals surface area contributed by atoms with Crippen molar-refractivity contribution in [1.29, 1.82) is 0 Å². The van der Waals surface area contributed by atoms with E-state index in [1.807, 2.05) is 0 Å². The quantitative estimate of drug-likeness (QED) is 0.684. The second kappa shape index (κ2) is 9.24. The van der Waals surface area contributed by atoms with Gasteiger partial charge < -0.3 is 24.0 Å². The molecule has 1 saturated heterocycles. The molecule has 24 heavy (non-hydrogen) atoms. The Balaban J connectivity index is 1.78. The van der Waals surface area contributed by atoms with Crippen molar-refractivity contribution in [2.24, 2.45) is 0 Å². The Hall–Kier alpha value is -2.12. The van der Waals surface area contributed by atoms with Gasteiger partial charge in [0.25, 0.3) is 5.91 Å². The van der Waals surface area contributed by atoms with Gasteiger partial charge in [-0.2, -0.15) is 0 Å². The molecular weight excluding hydrogens is 312 g/mol. The second-order valence-electron chi connectivity index (χ2n) is 5.45. The van der Waals surface area contributed by atoms with E-state index in [9.17, 15) is 9.59 Å². The Bertz CT molecular complexity index is 538. The van der Waals surface area contributed by atoms with Crippen molar-refractivity contribution in [2.45, 2.75) is 0 Å². The van der Waals surface area contributed by atoms with Gasteiger partial charge in [0.2, 0.25) is 5.91 Å². The fourth-order valence-corrected chi connectivity index (χ4v) is 2.47. The predicted octanol–water partition coefficient (Wildman–Crippen LogP) is 0.643. The zero-order chi connectivity index (χ0) is 17.4. The molecule has 7 nitrogen and oxygen atoms in total. The van der Waals surface area contributed by atoms with E-state index in [0.29, 0.717) is 45.0 Å². The molecule has 0 N–H and O–H groups in total. The van der Waals surface area contributed by atoms with Crippen LogP contribution in [0.2, 0.25) is 0 Å². The minimum absolute atomic E-state index is 0.0268. The third-order valence-electron chi connectivity index (χ3n) is 3.91. The molecule has 2 amide bonds. The molecule has 0 unspecified atom stereocenters. The van der Waals surface area contributed by atoms with Gasteiger partial charge in [-0.15, -0.1) is 0 Å². The van der Waals surface area contributed by atoms with Gasteiger partial charge in [-0.05, 0) is 24.3 Å². The highest BCUT2D eigenvalue weighted by Gasteiger charge is 2.24. The maximum Gasteiger partial charge on any atom is 0.253 e. The summed E-state index contributed by atoms with van der Waals surface area (Å²) in [5.74, 6) is 0.638. The average Bonchev–Trinajstić information content (AvgIpc) is 2.64. The Morgan fingerprint density at radius 2 is 1.58 bits per heavy atom. The van der Waals surface area contributed by atoms with E-state index in [4.69, 9.17) is 14.2 Å². The fourth-order valence-electron chi connectivity index (χ4n) is 2.47. The summed E-state index contributed by atoms with van der Waals surface area (Å²) in [6.45, 7) is 3.01. The number of methoxy groups -OCH3 is 2. The third-order valence-corrected chi connectivity index (χ3v) is 3.91. The third kappa shape index (κ3) is 4.94. The van der Waals surface area contributed by atoms with Crippen LogP contribution >= 0.6 is 0 Å². The summed E-state index contributed by atoms with van der Waals surface area (Å²) in [5.41, 5.74) is 0.624. The van der Waals surface area contributed by atoms with Crippen LogP contribution in [-0.2, 0) is 14.3 Å². The predicted molar refractivity (Wildman–Crippen MR) is 88.2 cm³/mol. The number of carbonyl (C=O) groups is 2. The first-order valence-corrected chi connectivity index (χ1v) is 7.93. The Kier molecular flexibility index (Phi) is 7.02. The van der Waals surface area contributed by atoms with Gasteiger partial charge in [-0.3, -0.25) is 9.59 Å². The van der Waals surface area contributed by atoms with E-state index in [-0.39, 0.29) is 18.4 Å². The minimum atomic E-state index is -0.0531. The Morgan fingerprint density at radius 1 is 0.958 bits per heavy atom. The average molecular weight is 336 g/mol. The monoisotopic (exact) mass is 336 g/mol. The van der Waals surface area contributed by atoms with Gasteiger partial charge in [-0.25, -0.2) is 0 Å². The molecule has 2 rings (SSSR count). The number of ether oxygens (including phenoxy) is 3. The Morgan fingerprint density at radius 3 is 2.17 bits per heavy atom. The molecule has 0 radical (unpaired) electrons. The van der Waals surface area contributed by atoms with Crippen molar-refractivity contribution in [1.82, 2.24) is 9.80 Å². The summed E-state index contributed by atoms with van der Waals surface area (Å²) >= 11 is 0. The smallest absolute Gasteiger partial charge is 0.253 e. The number of hydrogen-bond donors (Lipinski definition) is 0. The summed E-state index contributed by atoms with van der Waals surface area (Å²) in [6, 6.07) is 7.04. The van der Waals surface area contributed by atoms with Crippen LogP contribution in [0.15, 0.2) is 24.3 Å². The van der Waals surface area contributed by atoms with Crippen LogP contribution in [0.5, 0.6) is 5.75 Å². The van der Waals surface area contributed by atoms with Crippen molar-refractivity contribution < 1.29 is 23.8 Å². The second-order valence-corrected chi connectivity index (χ2v) is 5.45. The summed E-state index contributed by atoms with van der Waals surface area (Å²) in [5, 5.41) is 0. The molecule has 0 saturated carbocycles. The maximum absolute atomic E-state index is 12.5. The molecule has 0 atom stereocenters. The number of hydrogen-bond acceptors (Lipinski definition) is 5. The molecule has 1 aliphatic heterocycles. The van der Waals surface area contributed by atoms with Gasteiger partial charge in [0.15, 0.2) is 0 Å². The van der Waals surface area contributed by atoms with Crippen LogP contribution in [0.3, 0.4) is 0 Å². The first-order valence-electron chi connectivity index (χ1n) is 7.93. The summed E-state index contributed by atoms with van der Waals surface area (Å²) in [6.07, 6.45) is 0. The lowest BCUT2D eigenvalue weighted by Crippen LogP contribution is -2.51. The van der Waals surface area contributed by atoms with Gasteiger partial charge >= 0.3 is 0 Å². The number of nitrogens with zero attached hydrogens (tertiary/aromatic N) is 2. The topological polar surface area (TPSA) is 68.3 Å². The molecule has 7 heteroatoms. The molecule has 1 aliphatic rings. The molecule has 1 fully saturated rings. The molecule has 1 heterocycles. The number of piperazine rings is 1. The van der Waals surface area contributed by atoms with E-state index >= 15 is 0 Å². The first-order chi connectivity index (χ1) is 11.7. The molecular formula is C17H24N2O5. The highest BCUT2D eigenvalue weighted by molar-refractivity contribution is 5.94. The zero-order valence-electron chi connectivity index (χ0n) is 14.2. The van der Waals surface area contributed by atoms with Gasteiger partial charge in [0.05, 0.1) is 20.3 Å². The maximum atomic E-state index is 12.5. The molecule has 1 aromatic rings. The molecule has 0 aliphatic carbocycles. The number of carbonyl (C=O) groups excluding carboxylic acids is 2. The Labute approximate surface area is 142 Å². The number of benzene rings is 1. The van der Waals surface area contributed by atoms with Gasteiger partial charge in [-0.1, -0.05) is 0 Å². The largest absolute Gasteiger partial charge is 0.497 e. The minimum Gasteiger partial charge on any atom is -0.497 e.